The fourth-order valence-corrected chi connectivity index (χ4v) is 3.08. The molecule has 1 atom stereocenters. The fourth-order valence-electron chi connectivity index (χ4n) is 3.08. The topological polar surface area (TPSA) is 37.3 Å². The third kappa shape index (κ3) is 2.65. The van der Waals surface area contributed by atoms with Crippen molar-refractivity contribution in [3.8, 4) is 0 Å². The minimum absolute atomic E-state index is 0.0291. The van der Waals surface area contributed by atoms with E-state index in [0.29, 0.717) is 12.8 Å². The lowest BCUT2D eigenvalue weighted by Crippen LogP contribution is -2.38. The molecule has 2 nitrogen and oxygen atoms in total. The first kappa shape index (κ1) is 14.8. The second kappa shape index (κ2) is 5.08. The van der Waals surface area contributed by atoms with Gasteiger partial charge in [-0.25, -0.2) is 0 Å². The molecule has 1 aliphatic carbocycles. The minimum Gasteiger partial charge on any atom is -0.481 e. The summed E-state index contributed by atoms with van der Waals surface area (Å²) in [6.07, 6.45) is 3.13. The van der Waals surface area contributed by atoms with Crippen molar-refractivity contribution in [1.82, 2.24) is 0 Å². The Hall–Kier alpha value is -1.57. The van der Waals surface area contributed by atoms with Crippen molar-refractivity contribution in [2.75, 3.05) is 0 Å². The average molecular weight is 272 g/mol. The van der Waals surface area contributed by atoms with Crippen LogP contribution in [0.3, 0.4) is 0 Å². The maximum Gasteiger partial charge on any atom is 0.314 e. The second-order valence-corrected chi connectivity index (χ2v) is 7.00. The van der Waals surface area contributed by atoms with Crippen LogP contribution in [-0.2, 0) is 15.6 Å². The first-order valence-corrected chi connectivity index (χ1v) is 7.27. The van der Waals surface area contributed by atoms with Crippen LogP contribution < -0.4 is 0 Å². The molecule has 0 spiro atoms. The van der Waals surface area contributed by atoms with E-state index in [4.69, 9.17) is 0 Å². The Morgan fingerprint density at radius 2 is 2.05 bits per heavy atom. The van der Waals surface area contributed by atoms with Crippen molar-refractivity contribution >= 4 is 5.97 Å². The molecule has 1 aliphatic rings. The molecule has 0 aromatic heterocycles. The summed E-state index contributed by atoms with van der Waals surface area (Å²) in [6, 6.07) is 8.10. The van der Waals surface area contributed by atoms with Crippen molar-refractivity contribution < 1.29 is 9.90 Å². The van der Waals surface area contributed by atoms with E-state index in [0.717, 1.165) is 24.0 Å². The molecule has 1 fully saturated rings. The van der Waals surface area contributed by atoms with Crippen molar-refractivity contribution in [2.45, 2.75) is 57.3 Å². The molecule has 0 aliphatic heterocycles. The molecule has 0 amide bonds. The lowest BCUT2D eigenvalue weighted by Gasteiger charge is -2.35. The summed E-state index contributed by atoms with van der Waals surface area (Å²) < 4.78 is 0. The Balaban J connectivity index is 2.50. The number of carbonyl (C=O) groups is 1. The SMILES string of the molecule is C=C1CCCC(C(=O)O)(c2cccc(C(C)(C)C)c2)C1. The molecule has 1 saturated carbocycles. The third-order valence-corrected chi connectivity index (χ3v) is 4.38. The van der Waals surface area contributed by atoms with Crippen molar-refractivity contribution in [1.29, 1.82) is 0 Å². The lowest BCUT2D eigenvalue weighted by atomic mass is 9.67. The van der Waals surface area contributed by atoms with Gasteiger partial charge in [0.05, 0.1) is 5.41 Å². The van der Waals surface area contributed by atoms with Crippen LogP contribution in [0.2, 0.25) is 0 Å². The second-order valence-electron chi connectivity index (χ2n) is 7.00. The number of benzene rings is 1. The van der Waals surface area contributed by atoms with E-state index >= 15 is 0 Å². The Kier molecular flexibility index (Phi) is 3.77. The van der Waals surface area contributed by atoms with Crippen LogP contribution in [0.4, 0.5) is 0 Å². The molecule has 0 heterocycles. The highest BCUT2D eigenvalue weighted by atomic mass is 16.4. The zero-order valence-corrected chi connectivity index (χ0v) is 12.7. The van der Waals surface area contributed by atoms with Gasteiger partial charge in [0.2, 0.25) is 0 Å². The molecular weight excluding hydrogens is 248 g/mol. The first-order valence-electron chi connectivity index (χ1n) is 7.27. The molecule has 0 saturated heterocycles. The van der Waals surface area contributed by atoms with E-state index in [1.54, 1.807) is 0 Å². The van der Waals surface area contributed by atoms with E-state index in [1.165, 1.54) is 5.56 Å². The van der Waals surface area contributed by atoms with E-state index in [2.05, 4.69) is 39.5 Å². The number of aliphatic carboxylic acids is 1. The van der Waals surface area contributed by atoms with Gasteiger partial charge in [-0.05, 0) is 42.2 Å². The van der Waals surface area contributed by atoms with Gasteiger partial charge in [-0.15, -0.1) is 0 Å². The molecule has 0 bridgehead atoms. The smallest absolute Gasteiger partial charge is 0.314 e. The van der Waals surface area contributed by atoms with Crippen LogP contribution in [0.1, 0.15) is 57.6 Å². The van der Waals surface area contributed by atoms with Crippen LogP contribution >= 0.6 is 0 Å². The van der Waals surface area contributed by atoms with Gasteiger partial charge in [-0.2, -0.15) is 0 Å². The van der Waals surface area contributed by atoms with E-state index in [-0.39, 0.29) is 5.41 Å². The zero-order chi connectivity index (χ0) is 15.0. The van der Waals surface area contributed by atoms with Gasteiger partial charge in [0.1, 0.15) is 0 Å². The normalized spacial score (nSPS) is 23.6. The quantitative estimate of drug-likeness (QED) is 0.808. The average Bonchev–Trinajstić information content (AvgIpc) is 2.37. The predicted octanol–water partition coefficient (Wildman–Crippen LogP) is 4.44. The first-order chi connectivity index (χ1) is 9.25. The van der Waals surface area contributed by atoms with Crippen LogP contribution in [0.25, 0.3) is 0 Å². The summed E-state index contributed by atoms with van der Waals surface area (Å²) >= 11 is 0. The molecule has 1 unspecified atom stereocenters. The van der Waals surface area contributed by atoms with Gasteiger partial charge in [-0.3, -0.25) is 4.79 Å². The van der Waals surface area contributed by atoms with Gasteiger partial charge < -0.3 is 5.11 Å². The standard InChI is InChI=1S/C18H24O2/c1-13-7-6-10-18(12-13,16(19)20)15-9-5-8-14(11-15)17(2,3)4/h5,8-9,11H,1,6-7,10,12H2,2-4H3,(H,19,20). The molecular formula is C18H24O2. The lowest BCUT2D eigenvalue weighted by molar-refractivity contribution is -0.144. The number of allylic oxidation sites excluding steroid dienone is 1. The number of carboxylic acid groups (broad SMARTS) is 1. The Labute approximate surface area is 121 Å². The summed E-state index contributed by atoms with van der Waals surface area (Å²) in [6.45, 7) is 10.5. The number of carboxylic acids is 1. The minimum atomic E-state index is -0.781. The summed E-state index contributed by atoms with van der Waals surface area (Å²) in [4.78, 5) is 11.9. The maximum absolute atomic E-state index is 11.9. The van der Waals surface area contributed by atoms with Crippen LogP contribution in [0.5, 0.6) is 0 Å². The fraction of sp³-hybridized carbons (Fsp3) is 0.500. The van der Waals surface area contributed by atoms with Crippen LogP contribution in [0.15, 0.2) is 36.4 Å². The molecule has 20 heavy (non-hydrogen) atoms. The van der Waals surface area contributed by atoms with Gasteiger partial charge in [-0.1, -0.05) is 57.2 Å². The molecule has 1 aromatic rings. The Morgan fingerprint density at radius 3 is 2.60 bits per heavy atom. The summed E-state index contributed by atoms with van der Waals surface area (Å²) in [5, 5.41) is 9.81. The highest BCUT2D eigenvalue weighted by molar-refractivity contribution is 5.82. The van der Waals surface area contributed by atoms with Crippen LogP contribution in [-0.4, -0.2) is 11.1 Å². The molecule has 1 N–H and O–H groups in total. The summed E-state index contributed by atoms with van der Waals surface area (Å²) in [7, 11) is 0. The van der Waals surface area contributed by atoms with Gasteiger partial charge in [0.25, 0.3) is 0 Å². The number of rotatable bonds is 2. The third-order valence-electron chi connectivity index (χ3n) is 4.38. The largest absolute Gasteiger partial charge is 0.481 e. The Bertz CT molecular complexity index is 537. The monoisotopic (exact) mass is 272 g/mol. The Morgan fingerprint density at radius 1 is 1.35 bits per heavy atom. The molecule has 108 valence electrons. The molecule has 2 rings (SSSR count). The molecule has 1 aromatic carbocycles. The molecule has 0 radical (unpaired) electrons. The number of hydrogen-bond donors (Lipinski definition) is 1. The van der Waals surface area contributed by atoms with Gasteiger partial charge in [0, 0.05) is 0 Å². The summed E-state index contributed by atoms with van der Waals surface area (Å²) in [5.41, 5.74) is 2.42. The number of hydrogen-bond acceptors (Lipinski definition) is 1. The van der Waals surface area contributed by atoms with Crippen molar-refractivity contribution in [3.63, 3.8) is 0 Å². The van der Waals surface area contributed by atoms with Crippen molar-refractivity contribution in [3.05, 3.63) is 47.5 Å². The zero-order valence-electron chi connectivity index (χ0n) is 12.7. The van der Waals surface area contributed by atoms with E-state index < -0.39 is 11.4 Å². The van der Waals surface area contributed by atoms with E-state index in [1.807, 2.05) is 12.1 Å². The van der Waals surface area contributed by atoms with Gasteiger partial charge >= 0.3 is 5.97 Å². The van der Waals surface area contributed by atoms with Crippen LogP contribution in [0, 0.1) is 0 Å². The summed E-state index contributed by atoms with van der Waals surface area (Å²) in [5.74, 6) is -0.718. The molecule has 2 heteroatoms. The van der Waals surface area contributed by atoms with E-state index in [9.17, 15) is 9.90 Å². The highest BCUT2D eigenvalue weighted by Crippen LogP contribution is 2.42. The van der Waals surface area contributed by atoms with Crippen molar-refractivity contribution in [2.24, 2.45) is 0 Å². The highest BCUT2D eigenvalue weighted by Gasteiger charge is 2.42. The predicted molar refractivity (Wildman–Crippen MR) is 82.1 cm³/mol. The van der Waals surface area contributed by atoms with Gasteiger partial charge in [0.15, 0.2) is 0 Å². The maximum atomic E-state index is 11.9.